The molecule has 0 aromatic carbocycles. The highest BCUT2D eigenvalue weighted by molar-refractivity contribution is 5.80. The fraction of sp³-hybridized carbons (Fsp3) is 0.875. The Kier molecular flexibility index (Phi) is 6.33. The molecular formula is C16H30N4O. The molecule has 0 aromatic rings. The fourth-order valence-electron chi connectivity index (χ4n) is 2.78. The number of carbonyl (C=O) groups is 1. The minimum Gasteiger partial charge on any atom is -0.356 e. The Morgan fingerprint density at radius 1 is 1.05 bits per heavy atom. The molecule has 2 aliphatic rings. The van der Waals surface area contributed by atoms with Crippen LogP contribution in [0, 0.1) is 5.92 Å². The van der Waals surface area contributed by atoms with E-state index in [1.807, 2.05) is 0 Å². The number of carbonyl (C=O) groups excluding carboxylic acids is 1. The first-order chi connectivity index (χ1) is 10.2. The number of nitrogens with zero attached hydrogens (tertiary/aromatic N) is 1. The van der Waals surface area contributed by atoms with E-state index in [9.17, 15) is 4.79 Å². The SMILES string of the molecule is CN=C(NCCCC(=O)NC1CC1)NC1CCC(C)CC1. The maximum absolute atomic E-state index is 11.6. The minimum atomic E-state index is 0.184. The van der Waals surface area contributed by atoms with Crippen LogP contribution in [-0.4, -0.2) is 37.5 Å². The molecule has 0 spiro atoms. The normalized spacial score (nSPS) is 26.3. The van der Waals surface area contributed by atoms with Crippen molar-refractivity contribution in [2.45, 2.75) is 70.4 Å². The average Bonchev–Trinajstić information content (AvgIpc) is 3.28. The van der Waals surface area contributed by atoms with E-state index >= 15 is 0 Å². The number of aliphatic imine (C=N–C) groups is 1. The topological polar surface area (TPSA) is 65.5 Å². The summed E-state index contributed by atoms with van der Waals surface area (Å²) in [6.45, 7) is 3.12. The molecule has 0 unspecified atom stereocenters. The maximum Gasteiger partial charge on any atom is 0.220 e. The summed E-state index contributed by atoms with van der Waals surface area (Å²) >= 11 is 0. The van der Waals surface area contributed by atoms with Crippen LogP contribution in [0.15, 0.2) is 4.99 Å². The summed E-state index contributed by atoms with van der Waals surface area (Å²) in [5, 5.41) is 9.82. The number of rotatable bonds is 6. The molecule has 5 heteroatoms. The molecule has 0 atom stereocenters. The summed E-state index contributed by atoms with van der Waals surface area (Å²) in [5.41, 5.74) is 0. The molecular weight excluding hydrogens is 264 g/mol. The van der Waals surface area contributed by atoms with Crippen LogP contribution < -0.4 is 16.0 Å². The minimum absolute atomic E-state index is 0.184. The van der Waals surface area contributed by atoms with Crippen LogP contribution in [0.3, 0.4) is 0 Å². The lowest BCUT2D eigenvalue weighted by Crippen LogP contribution is -2.45. The molecule has 21 heavy (non-hydrogen) atoms. The Labute approximate surface area is 128 Å². The third-order valence-corrected chi connectivity index (χ3v) is 4.40. The molecule has 2 saturated carbocycles. The van der Waals surface area contributed by atoms with Gasteiger partial charge in [0.2, 0.25) is 5.91 Å². The highest BCUT2D eigenvalue weighted by Gasteiger charge is 2.22. The number of guanidine groups is 1. The second kappa shape index (κ2) is 8.25. The average molecular weight is 294 g/mol. The van der Waals surface area contributed by atoms with Crippen LogP contribution in [0.1, 0.15) is 58.3 Å². The molecule has 3 N–H and O–H groups in total. The van der Waals surface area contributed by atoms with Gasteiger partial charge in [0.1, 0.15) is 0 Å². The lowest BCUT2D eigenvalue weighted by molar-refractivity contribution is -0.121. The first kappa shape index (κ1) is 16.1. The van der Waals surface area contributed by atoms with Crippen LogP contribution in [0.25, 0.3) is 0 Å². The van der Waals surface area contributed by atoms with Gasteiger partial charge in [-0.3, -0.25) is 9.79 Å². The van der Waals surface area contributed by atoms with Gasteiger partial charge in [-0.2, -0.15) is 0 Å². The van der Waals surface area contributed by atoms with Crippen molar-refractivity contribution in [2.24, 2.45) is 10.9 Å². The lowest BCUT2D eigenvalue weighted by Gasteiger charge is -2.28. The van der Waals surface area contributed by atoms with Crippen molar-refractivity contribution in [1.82, 2.24) is 16.0 Å². The van der Waals surface area contributed by atoms with Crippen LogP contribution >= 0.6 is 0 Å². The van der Waals surface area contributed by atoms with E-state index in [0.29, 0.717) is 18.5 Å². The summed E-state index contributed by atoms with van der Waals surface area (Å²) < 4.78 is 0. The van der Waals surface area contributed by atoms with E-state index in [1.54, 1.807) is 7.05 Å². The van der Waals surface area contributed by atoms with E-state index in [4.69, 9.17) is 0 Å². The van der Waals surface area contributed by atoms with Crippen molar-refractivity contribution in [3.05, 3.63) is 0 Å². The van der Waals surface area contributed by atoms with Gasteiger partial charge in [-0.25, -0.2) is 0 Å². The quantitative estimate of drug-likeness (QED) is 0.397. The zero-order valence-corrected chi connectivity index (χ0v) is 13.5. The molecule has 2 fully saturated rings. The molecule has 2 rings (SSSR count). The highest BCUT2D eigenvalue weighted by Crippen LogP contribution is 2.23. The molecule has 0 radical (unpaired) electrons. The lowest BCUT2D eigenvalue weighted by atomic mass is 9.87. The predicted octanol–water partition coefficient (Wildman–Crippen LogP) is 1.79. The zero-order valence-electron chi connectivity index (χ0n) is 13.5. The molecule has 0 heterocycles. The van der Waals surface area contributed by atoms with Crippen molar-refractivity contribution in [3.8, 4) is 0 Å². The summed E-state index contributed by atoms with van der Waals surface area (Å²) in [5.74, 6) is 1.92. The van der Waals surface area contributed by atoms with E-state index in [1.165, 1.54) is 25.7 Å². The van der Waals surface area contributed by atoms with Crippen LogP contribution in [0.5, 0.6) is 0 Å². The van der Waals surface area contributed by atoms with Crippen molar-refractivity contribution < 1.29 is 4.79 Å². The molecule has 0 saturated heterocycles. The Bertz CT molecular complexity index is 357. The molecule has 5 nitrogen and oxygen atoms in total. The fourth-order valence-corrected chi connectivity index (χ4v) is 2.78. The van der Waals surface area contributed by atoms with Crippen molar-refractivity contribution in [3.63, 3.8) is 0 Å². The zero-order chi connectivity index (χ0) is 15.1. The maximum atomic E-state index is 11.6. The number of hydrogen-bond donors (Lipinski definition) is 3. The van der Waals surface area contributed by atoms with Crippen molar-refractivity contribution >= 4 is 11.9 Å². The first-order valence-corrected chi connectivity index (χ1v) is 8.44. The summed E-state index contributed by atoms with van der Waals surface area (Å²) in [4.78, 5) is 15.8. The second-order valence-corrected chi connectivity index (χ2v) is 6.55. The third-order valence-electron chi connectivity index (χ3n) is 4.40. The van der Waals surface area contributed by atoms with Gasteiger partial charge in [0.25, 0.3) is 0 Å². The van der Waals surface area contributed by atoms with Gasteiger partial charge in [0.05, 0.1) is 0 Å². The molecule has 2 aliphatic carbocycles. The number of hydrogen-bond acceptors (Lipinski definition) is 2. The molecule has 1 amide bonds. The van der Waals surface area contributed by atoms with Gasteiger partial charge in [0, 0.05) is 32.1 Å². The van der Waals surface area contributed by atoms with E-state index in [0.717, 1.165) is 37.7 Å². The number of nitrogens with one attached hydrogen (secondary N) is 3. The Morgan fingerprint density at radius 3 is 2.29 bits per heavy atom. The largest absolute Gasteiger partial charge is 0.356 e. The van der Waals surface area contributed by atoms with Gasteiger partial charge >= 0.3 is 0 Å². The van der Waals surface area contributed by atoms with Crippen LogP contribution in [-0.2, 0) is 4.79 Å². The summed E-state index contributed by atoms with van der Waals surface area (Å²) in [7, 11) is 1.81. The predicted molar refractivity (Wildman–Crippen MR) is 86.3 cm³/mol. The smallest absolute Gasteiger partial charge is 0.220 e. The van der Waals surface area contributed by atoms with Crippen molar-refractivity contribution in [2.75, 3.05) is 13.6 Å². The monoisotopic (exact) mass is 294 g/mol. The molecule has 0 bridgehead atoms. The summed E-state index contributed by atoms with van der Waals surface area (Å²) in [6.07, 6.45) is 8.81. The van der Waals surface area contributed by atoms with E-state index in [2.05, 4.69) is 27.9 Å². The Morgan fingerprint density at radius 2 is 1.67 bits per heavy atom. The van der Waals surface area contributed by atoms with Gasteiger partial charge in [0.15, 0.2) is 5.96 Å². The van der Waals surface area contributed by atoms with Crippen LogP contribution in [0.4, 0.5) is 0 Å². The second-order valence-electron chi connectivity index (χ2n) is 6.55. The summed E-state index contributed by atoms with van der Waals surface area (Å²) in [6, 6.07) is 1.01. The van der Waals surface area contributed by atoms with Gasteiger partial charge in [-0.1, -0.05) is 6.92 Å². The first-order valence-electron chi connectivity index (χ1n) is 8.44. The van der Waals surface area contributed by atoms with Gasteiger partial charge in [-0.05, 0) is 50.9 Å². The highest BCUT2D eigenvalue weighted by atomic mass is 16.1. The molecule has 0 aromatic heterocycles. The Hall–Kier alpha value is -1.26. The van der Waals surface area contributed by atoms with Gasteiger partial charge < -0.3 is 16.0 Å². The van der Waals surface area contributed by atoms with E-state index < -0.39 is 0 Å². The number of amides is 1. The Balaban J connectivity index is 1.55. The molecule has 0 aliphatic heterocycles. The van der Waals surface area contributed by atoms with E-state index in [-0.39, 0.29) is 5.91 Å². The molecule has 120 valence electrons. The van der Waals surface area contributed by atoms with Gasteiger partial charge in [-0.15, -0.1) is 0 Å². The standard InChI is InChI=1S/C16H30N4O/c1-12-5-7-14(8-6-12)20-16(17-2)18-11-3-4-15(21)19-13-9-10-13/h12-14H,3-11H2,1-2H3,(H,19,21)(H2,17,18,20). The van der Waals surface area contributed by atoms with Crippen LogP contribution in [0.2, 0.25) is 0 Å². The third kappa shape index (κ3) is 6.36. The van der Waals surface area contributed by atoms with Crippen molar-refractivity contribution in [1.29, 1.82) is 0 Å².